The summed E-state index contributed by atoms with van der Waals surface area (Å²) in [6.07, 6.45) is -5.16. The highest BCUT2D eigenvalue weighted by Gasteiger charge is 2.26. The molecule has 0 spiro atoms. The molecule has 15 heavy (non-hydrogen) atoms. The average molecular weight is 245 g/mol. The van der Waals surface area contributed by atoms with E-state index < -0.39 is 18.6 Å². The molecule has 0 aliphatic rings. The second-order valence-electron chi connectivity index (χ2n) is 2.44. The molecule has 0 bridgehead atoms. The Balaban J connectivity index is 3.83. The minimum Gasteiger partial charge on any atom is -0.477 e. The van der Waals surface area contributed by atoms with E-state index in [4.69, 9.17) is 5.11 Å². The van der Waals surface area contributed by atoms with Gasteiger partial charge < -0.3 is 9.94 Å². The van der Waals surface area contributed by atoms with Crippen LogP contribution in [0, 0.1) is 0 Å². The van der Waals surface area contributed by atoms with E-state index in [2.05, 4.69) is 9.99 Å². The van der Waals surface area contributed by atoms with Crippen molar-refractivity contribution in [3.8, 4) is 0 Å². The second kappa shape index (κ2) is 6.54. The van der Waals surface area contributed by atoms with E-state index in [-0.39, 0.29) is 17.2 Å². The van der Waals surface area contributed by atoms with Crippen molar-refractivity contribution in [1.82, 2.24) is 0 Å². The third kappa shape index (κ3) is 8.10. The monoisotopic (exact) mass is 245 g/mol. The summed E-state index contributed by atoms with van der Waals surface area (Å²) in [5.41, 5.74) is -0.301. The number of rotatable bonds is 6. The van der Waals surface area contributed by atoms with Gasteiger partial charge in [-0.3, -0.25) is 0 Å². The Morgan fingerprint density at radius 1 is 1.53 bits per heavy atom. The third-order valence-electron chi connectivity index (χ3n) is 1.22. The molecular formula is C7H10F3NO3S. The van der Waals surface area contributed by atoms with Crippen LogP contribution in [0.5, 0.6) is 0 Å². The van der Waals surface area contributed by atoms with E-state index in [9.17, 15) is 18.0 Å². The first-order chi connectivity index (χ1) is 6.87. The molecule has 0 radical (unpaired) electrons. The summed E-state index contributed by atoms with van der Waals surface area (Å²) in [5.74, 6) is -1.60. The van der Waals surface area contributed by atoms with Crippen LogP contribution in [0.3, 0.4) is 0 Å². The first-order valence-corrected chi connectivity index (χ1v) is 5.00. The molecule has 0 rings (SSSR count). The van der Waals surface area contributed by atoms with Gasteiger partial charge in [0.1, 0.15) is 7.11 Å². The van der Waals surface area contributed by atoms with Crippen LogP contribution in [0.15, 0.2) is 5.16 Å². The standard InChI is InChI=1S/C7H10F3NO3S/c1-14-11-5(6(12)13)4-15-3-2-7(8,9)10/h2-4H2,1H3,(H,12,13)/b11-5-. The molecule has 0 heterocycles. The number of hydrogen-bond acceptors (Lipinski definition) is 4. The minimum absolute atomic E-state index is 0.112. The van der Waals surface area contributed by atoms with Crippen molar-refractivity contribution in [2.45, 2.75) is 12.6 Å². The number of halogens is 3. The maximum atomic E-state index is 11.7. The van der Waals surface area contributed by atoms with Crippen LogP contribution in [0.4, 0.5) is 13.2 Å². The number of alkyl halides is 3. The number of nitrogens with zero attached hydrogens (tertiary/aromatic N) is 1. The Bertz CT molecular complexity index is 242. The fourth-order valence-electron chi connectivity index (χ4n) is 0.594. The van der Waals surface area contributed by atoms with Gasteiger partial charge in [0.05, 0.1) is 6.42 Å². The Morgan fingerprint density at radius 3 is 2.53 bits per heavy atom. The van der Waals surface area contributed by atoms with Crippen molar-refractivity contribution >= 4 is 23.4 Å². The molecule has 0 unspecified atom stereocenters. The summed E-state index contributed by atoms with van der Waals surface area (Å²) in [7, 11) is 1.17. The first kappa shape index (κ1) is 14.1. The van der Waals surface area contributed by atoms with Crippen molar-refractivity contribution in [1.29, 1.82) is 0 Å². The molecule has 0 aromatic heterocycles. The van der Waals surface area contributed by atoms with Gasteiger partial charge in [-0.2, -0.15) is 24.9 Å². The fourth-order valence-corrected chi connectivity index (χ4v) is 1.48. The van der Waals surface area contributed by atoms with Gasteiger partial charge in [-0.1, -0.05) is 5.16 Å². The highest BCUT2D eigenvalue weighted by Crippen LogP contribution is 2.21. The smallest absolute Gasteiger partial charge is 0.389 e. The molecule has 1 N–H and O–H groups in total. The summed E-state index contributed by atoms with van der Waals surface area (Å²) >= 11 is 0.845. The van der Waals surface area contributed by atoms with Gasteiger partial charge in [-0.15, -0.1) is 0 Å². The summed E-state index contributed by atoms with van der Waals surface area (Å²) in [4.78, 5) is 14.7. The van der Waals surface area contributed by atoms with Crippen LogP contribution in [-0.2, 0) is 9.63 Å². The maximum absolute atomic E-state index is 11.7. The largest absolute Gasteiger partial charge is 0.477 e. The minimum atomic E-state index is -4.21. The lowest BCUT2D eigenvalue weighted by molar-refractivity contribution is -0.130. The SMILES string of the molecule is CO/N=C(/CSCCC(F)(F)F)C(=O)O. The van der Waals surface area contributed by atoms with Gasteiger partial charge in [0.2, 0.25) is 0 Å². The number of carboxylic acid groups (broad SMARTS) is 1. The van der Waals surface area contributed by atoms with Crippen LogP contribution in [0.2, 0.25) is 0 Å². The molecule has 0 aromatic carbocycles. The van der Waals surface area contributed by atoms with Gasteiger partial charge in [-0.05, 0) is 0 Å². The van der Waals surface area contributed by atoms with E-state index in [1.165, 1.54) is 7.11 Å². The molecule has 4 nitrogen and oxygen atoms in total. The number of thioether (sulfide) groups is 1. The third-order valence-corrected chi connectivity index (χ3v) is 2.19. The maximum Gasteiger partial charge on any atom is 0.389 e. The number of carboxylic acids is 1. The van der Waals surface area contributed by atoms with Gasteiger partial charge in [0.25, 0.3) is 0 Å². The molecule has 0 aromatic rings. The van der Waals surface area contributed by atoms with Crippen molar-refractivity contribution in [3.05, 3.63) is 0 Å². The van der Waals surface area contributed by atoms with E-state index in [0.29, 0.717) is 0 Å². The molecule has 0 atom stereocenters. The zero-order chi connectivity index (χ0) is 11.9. The predicted octanol–water partition coefficient (Wildman–Crippen LogP) is 1.76. The Labute approximate surface area is 88.5 Å². The predicted molar refractivity (Wildman–Crippen MR) is 50.1 cm³/mol. The summed E-state index contributed by atoms with van der Waals surface area (Å²) < 4.78 is 35.1. The highest BCUT2D eigenvalue weighted by molar-refractivity contribution is 8.00. The van der Waals surface area contributed by atoms with Crippen LogP contribution < -0.4 is 0 Å². The molecular weight excluding hydrogens is 235 g/mol. The van der Waals surface area contributed by atoms with Gasteiger partial charge in [-0.25, -0.2) is 4.79 Å². The zero-order valence-corrected chi connectivity index (χ0v) is 8.69. The lowest BCUT2D eigenvalue weighted by Gasteiger charge is -2.05. The Morgan fingerprint density at radius 2 is 2.13 bits per heavy atom. The molecule has 0 saturated heterocycles. The number of aliphatic carboxylic acids is 1. The normalized spacial score (nSPS) is 12.7. The van der Waals surface area contributed by atoms with Crippen LogP contribution in [0.1, 0.15) is 6.42 Å². The van der Waals surface area contributed by atoms with E-state index >= 15 is 0 Å². The Hall–Kier alpha value is -0.920. The van der Waals surface area contributed by atoms with Gasteiger partial charge >= 0.3 is 12.1 Å². The molecule has 0 fully saturated rings. The van der Waals surface area contributed by atoms with E-state index in [1.54, 1.807) is 0 Å². The summed E-state index contributed by atoms with van der Waals surface area (Å²) in [6, 6.07) is 0. The highest BCUT2D eigenvalue weighted by atomic mass is 32.2. The summed E-state index contributed by atoms with van der Waals surface area (Å²) in [6.45, 7) is 0. The summed E-state index contributed by atoms with van der Waals surface area (Å²) in [5, 5.41) is 11.7. The lowest BCUT2D eigenvalue weighted by Crippen LogP contribution is -2.17. The zero-order valence-electron chi connectivity index (χ0n) is 7.87. The second-order valence-corrected chi connectivity index (χ2v) is 3.55. The average Bonchev–Trinajstić information content (AvgIpc) is 2.08. The van der Waals surface area contributed by atoms with Crippen molar-refractivity contribution in [2.75, 3.05) is 18.6 Å². The van der Waals surface area contributed by atoms with E-state index in [0.717, 1.165) is 11.8 Å². The van der Waals surface area contributed by atoms with Crippen LogP contribution in [0.25, 0.3) is 0 Å². The van der Waals surface area contributed by atoms with Crippen molar-refractivity contribution < 1.29 is 27.9 Å². The Kier molecular flexibility index (Phi) is 6.14. The first-order valence-electron chi connectivity index (χ1n) is 3.84. The van der Waals surface area contributed by atoms with Crippen molar-refractivity contribution in [2.24, 2.45) is 5.16 Å². The van der Waals surface area contributed by atoms with Crippen LogP contribution >= 0.6 is 11.8 Å². The van der Waals surface area contributed by atoms with Crippen molar-refractivity contribution in [3.63, 3.8) is 0 Å². The fraction of sp³-hybridized carbons (Fsp3) is 0.714. The molecule has 8 heteroatoms. The topological polar surface area (TPSA) is 58.9 Å². The van der Waals surface area contributed by atoms with Crippen LogP contribution in [-0.4, -0.2) is 41.6 Å². The number of hydrogen-bond donors (Lipinski definition) is 1. The van der Waals surface area contributed by atoms with Gasteiger partial charge in [0.15, 0.2) is 5.71 Å². The number of carbonyl (C=O) groups is 1. The molecule has 0 amide bonds. The lowest BCUT2D eigenvalue weighted by atomic mass is 10.4. The molecule has 0 aliphatic carbocycles. The quantitative estimate of drug-likeness (QED) is 0.440. The van der Waals surface area contributed by atoms with Gasteiger partial charge in [0, 0.05) is 11.5 Å². The molecule has 0 aliphatic heterocycles. The number of oxime groups is 1. The molecule has 0 saturated carbocycles. The molecule has 88 valence electrons. The van der Waals surface area contributed by atoms with E-state index in [1.807, 2.05) is 0 Å².